The molecule has 0 N–H and O–H groups in total. The number of aryl methyl sites for hydroxylation is 1. The molecule has 0 heterocycles. The average Bonchev–Trinajstić information content (AvgIpc) is 3.37. The molecule has 0 aromatic heterocycles. The molecule has 0 amide bonds. The van der Waals surface area contributed by atoms with E-state index in [1.54, 1.807) is 36.5 Å². The summed E-state index contributed by atoms with van der Waals surface area (Å²) in [7, 11) is -1.95. The Hall–Kier alpha value is -1.56. The van der Waals surface area contributed by atoms with Crippen molar-refractivity contribution < 1.29 is 13.2 Å². The Morgan fingerprint density at radius 3 is 2.38 bits per heavy atom. The van der Waals surface area contributed by atoms with Crippen LogP contribution >= 0.6 is 11.6 Å². The molecule has 0 aliphatic heterocycles. The third kappa shape index (κ3) is 3.58. The highest BCUT2D eigenvalue weighted by molar-refractivity contribution is 7.89. The monoisotopic (exact) mass is 365 g/mol. The first-order chi connectivity index (χ1) is 11.4. The normalized spacial score (nSPS) is 14.8. The van der Waals surface area contributed by atoms with Crippen molar-refractivity contribution >= 4 is 21.6 Å². The summed E-state index contributed by atoms with van der Waals surface area (Å²) in [4.78, 5) is 0.326. The summed E-state index contributed by atoms with van der Waals surface area (Å²) in [6, 6.07) is 12.5. The lowest BCUT2D eigenvalue weighted by Gasteiger charge is -2.23. The highest BCUT2D eigenvalue weighted by atomic mass is 35.5. The van der Waals surface area contributed by atoms with E-state index < -0.39 is 10.0 Å². The second kappa shape index (κ2) is 6.75. The van der Waals surface area contributed by atoms with Gasteiger partial charge in [0.1, 0.15) is 5.75 Å². The predicted octanol–water partition coefficient (Wildman–Crippen LogP) is 4.01. The molecule has 1 aliphatic rings. The van der Waals surface area contributed by atoms with E-state index in [9.17, 15) is 8.42 Å². The molecule has 0 spiro atoms. The van der Waals surface area contributed by atoms with Gasteiger partial charge in [0.25, 0.3) is 0 Å². The molecule has 3 rings (SSSR count). The molecule has 0 radical (unpaired) electrons. The number of hydrogen-bond donors (Lipinski definition) is 0. The molecule has 1 fully saturated rings. The minimum absolute atomic E-state index is 0.0761. The molecular weight excluding hydrogens is 346 g/mol. The van der Waals surface area contributed by atoms with E-state index in [1.807, 2.05) is 24.3 Å². The van der Waals surface area contributed by atoms with E-state index in [-0.39, 0.29) is 6.04 Å². The van der Waals surface area contributed by atoms with Crippen molar-refractivity contribution in [3.05, 3.63) is 58.6 Å². The number of sulfonamides is 1. The van der Waals surface area contributed by atoms with Crippen LogP contribution in [0.4, 0.5) is 0 Å². The van der Waals surface area contributed by atoms with Gasteiger partial charge in [-0.2, -0.15) is 4.31 Å². The number of halogens is 1. The smallest absolute Gasteiger partial charge is 0.243 e. The van der Waals surface area contributed by atoms with Gasteiger partial charge in [0.15, 0.2) is 0 Å². The fraction of sp³-hybridized carbons (Fsp3) is 0.333. The van der Waals surface area contributed by atoms with Gasteiger partial charge < -0.3 is 4.74 Å². The van der Waals surface area contributed by atoms with Gasteiger partial charge in [-0.15, -0.1) is 0 Å². The maximum atomic E-state index is 13.1. The molecule has 4 nitrogen and oxygen atoms in total. The summed E-state index contributed by atoms with van der Waals surface area (Å²) in [5, 5.41) is 0.541. The lowest BCUT2D eigenvalue weighted by atomic mass is 10.2. The van der Waals surface area contributed by atoms with Gasteiger partial charge in [-0.1, -0.05) is 23.7 Å². The van der Waals surface area contributed by atoms with Crippen LogP contribution in [0.15, 0.2) is 47.4 Å². The third-order valence-electron chi connectivity index (χ3n) is 4.18. The second-order valence-electron chi connectivity index (χ2n) is 6.04. The molecule has 1 aliphatic carbocycles. The third-order valence-corrected chi connectivity index (χ3v) is 6.47. The van der Waals surface area contributed by atoms with Gasteiger partial charge in [-0.25, -0.2) is 8.42 Å². The fourth-order valence-corrected chi connectivity index (χ4v) is 4.82. The maximum Gasteiger partial charge on any atom is 0.243 e. The molecule has 0 atom stereocenters. The predicted molar refractivity (Wildman–Crippen MR) is 94.9 cm³/mol. The summed E-state index contributed by atoms with van der Waals surface area (Å²) in [5.74, 6) is 0.758. The zero-order chi connectivity index (χ0) is 17.3. The van der Waals surface area contributed by atoms with Crippen LogP contribution in [0, 0.1) is 6.92 Å². The van der Waals surface area contributed by atoms with Gasteiger partial charge in [0.05, 0.1) is 12.0 Å². The Bertz CT molecular complexity index is 830. The Kier molecular flexibility index (Phi) is 4.85. The zero-order valence-corrected chi connectivity index (χ0v) is 15.3. The lowest BCUT2D eigenvalue weighted by Crippen LogP contribution is -2.33. The molecule has 2 aromatic rings. The van der Waals surface area contributed by atoms with Crippen molar-refractivity contribution in [3.8, 4) is 5.75 Å². The van der Waals surface area contributed by atoms with E-state index in [0.717, 1.165) is 24.2 Å². The largest absolute Gasteiger partial charge is 0.497 e. The van der Waals surface area contributed by atoms with Crippen molar-refractivity contribution in [2.75, 3.05) is 7.11 Å². The van der Waals surface area contributed by atoms with Crippen LogP contribution in [-0.2, 0) is 16.6 Å². The number of rotatable bonds is 6. The maximum absolute atomic E-state index is 13.1. The highest BCUT2D eigenvalue weighted by Crippen LogP contribution is 2.35. The van der Waals surface area contributed by atoms with Gasteiger partial charge in [-0.3, -0.25) is 0 Å². The quantitative estimate of drug-likeness (QED) is 0.777. The van der Waals surface area contributed by atoms with Crippen LogP contribution < -0.4 is 4.74 Å². The Balaban J connectivity index is 1.92. The van der Waals surface area contributed by atoms with Gasteiger partial charge in [-0.05, 0) is 61.2 Å². The first-order valence-electron chi connectivity index (χ1n) is 7.83. The molecular formula is C18H20ClNO3S. The van der Waals surface area contributed by atoms with E-state index in [1.165, 1.54) is 0 Å². The Morgan fingerprint density at radius 2 is 1.83 bits per heavy atom. The molecule has 0 saturated heterocycles. The van der Waals surface area contributed by atoms with E-state index in [4.69, 9.17) is 16.3 Å². The number of benzene rings is 2. The van der Waals surface area contributed by atoms with E-state index in [0.29, 0.717) is 22.0 Å². The number of nitrogens with zero attached hydrogens (tertiary/aromatic N) is 1. The van der Waals surface area contributed by atoms with Crippen molar-refractivity contribution in [1.29, 1.82) is 0 Å². The second-order valence-corrected chi connectivity index (χ2v) is 8.33. The highest BCUT2D eigenvalue weighted by Gasteiger charge is 2.38. The molecule has 0 unspecified atom stereocenters. The van der Waals surface area contributed by atoms with Crippen LogP contribution in [-0.4, -0.2) is 25.9 Å². The summed E-state index contributed by atoms with van der Waals surface area (Å²) in [6.07, 6.45) is 1.81. The van der Waals surface area contributed by atoms with Crippen LogP contribution in [0.25, 0.3) is 0 Å². The fourth-order valence-electron chi connectivity index (χ4n) is 2.71. The van der Waals surface area contributed by atoms with Gasteiger partial charge in [0.2, 0.25) is 10.0 Å². The molecule has 0 bridgehead atoms. The minimum atomic E-state index is -3.56. The minimum Gasteiger partial charge on any atom is -0.497 e. The van der Waals surface area contributed by atoms with Gasteiger partial charge in [0, 0.05) is 17.6 Å². The van der Waals surface area contributed by atoms with Crippen molar-refractivity contribution in [1.82, 2.24) is 4.31 Å². The summed E-state index contributed by atoms with van der Waals surface area (Å²) < 4.78 is 33.0. The Labute approximate surface area is 148 Å². The Morgan fingerprint density at radius 1 is 1.17 bits per heavy atom. The van der Waals surface area contributed by atoms with Crippen LogP contribution in [0.5, 0.6) is 5.75 Å². The van der Waals surface area contributed by atoms with Gasteiger partial charge >= 0.3 is 0 Å². The molecule has 1 saturated carbocycles. The van der Waals surface area contributed by atoms with Crippen LogP contribution in [0.3, 0.4) is 0 Å². The van der Waals surface area contributed by atoms with Crippen molar-refractivity contribution in [2.45, 2.75) is 37.2 Å². The number of ether oxygens (including phenoxy) is 1. The summed E-state index contributed by atoms with van der Waals surface area (Å²) >= 11 is 5.96. The lowest BCUT2D eigenvalue weighted by molar-refractivity contribution is 0.397. The molecule has 24 heavy (non-hydrogen) atoms. The SMILES string of the molecule is COc1ccc(CN(C2CC2)S(=O)(=O)c2ccc(Cl)cc2C)cc1. The first-order valence-corrected chi connectivity index (χ1v) is 9.64. The number of hydrogen-bond acceptors (Lipinski definition) is 3. The molecule has 128 valence electrons. The van der Waals surface area contributed by atoms with Crippen LogP contribution in [0.1, 0.15) is 24.0 Å². The zero-order valence-electron chi connectivity index (χ0n) is 13.7. The molecule has 6 heteroatoms. The molecule has 2 aromatic carbocycles. The standard InChI is InChI=1S/C18H20ClNO3S/c1-13-11-15(19)5-10-18(13)24(21,22)20(16-6-7-16)12-14-3-8-17(23-2)9-4-14/h3-5,8-11,16H,6-7,12H2,1-2H3. The number of methoxy groups -OCH3 is 1. The topological polar surface area (TPSA) is 46.6 Å². The van der Waals surface area contributed by atoms with Crippen molar-refractivity contribution in [3.63, 3.8) is 0 Å². The summed E-state index contributed by atoms with van der Waals surface area (Å²) in [6.45, 7) is 2.14. The first kappa shape index (κ1) is 17.3. The van der Waals surface area contributed by atoms with E-state index >= 15 is 0 Å². The van der Waals surface area contributed by atoms with Crippen LogP contribution in [0.2, 0.25) is 5.02 Å². The summed E-state index contributed by atoms with van der Waals surface area (Å²) in [5.41, 5.74) is 1.61. The van der Waals surface area contributed by atoms with Crippen molar-refractivity contribution in [2.24, 2.45) is 0 Å². The average molecular weight is 366 g/mol. The van der Waals surface area contributed by atoms with E-state index in [2.05, 4.69) is 0 Å².